The van der Waals surface area contributed by atoms with E-state index in [0.717, 1.165) is 10.8 Å². The first-order valence-electron chi connectivity index (χ1n) is 4.70. The SMILES string of the molecule is Cc1ncc(C(=O)NCc2nncn2C)s1. The molecule has 0 aliphatic rings. The van der Waals surface area contributed by atoms with Gasteiger partial charge in [0.15, 0.2) is 5.82 Å². The van der Waals surface area contributed by atoms with E-state index in [0.29, 0.717) is 11.4 Å². The van der Waals surface area contributed by atoms with Crippen LogP contribution in [-0.2, 0) is 13.6 Å². The van der Waals surface area contributed by atoms with Crippen LogP contribution in [0.3, 0.4) is 0 Å². The van der Waals surface area contributed by atoms with Gasteiger partial charge < -0.3 is 9.88 Å². The van der Waals surface area contributed by atoms with Crippen LogP contribution in [0.4, 0.5) is 0 Å². The Bertz CT molecular complexity index is 503. The summed E-state index contributed by atoms with van der Waals surface area (Å²) in [5.41, 5.74) is 0. The Morgan fingerprint density at radius 2 is 2.44 bits per heavy atom. The van der Waals surface area contributed by atoms with E-state index in [1.165, 1.54) is 11.3 Å². The number of carbonyl (C=O) groups is 1. The van der Waals surface area contributed by atoms with Crippen LogP contribution >= 0.6 is 11.3 Å². The zero-order chi connectivity index (χ0) is 11.5. The Labute approximate surface area is 96.3 Å². The molecule has 0 radical (unpaired) electrons. The van der Waals surface area contributed by atoms with Crippen LogP contribution in [0, 0.1) is 6.92 Å². The predicted octanol–water partition coefficient (Wildman–Crippen LogP) is 0.510. The lowest BCUT2D eigenvalue weighted by Gasteiger charge is -2.01. The molecule has 1 N–H and O–H groups in total. The lowest BCUT2D eigenvalue weighted by Crippen LogP contribution is -2.23. The van der Waals surface area contributed by atoms with Gasteiger partial charge in [0.25, 0.3) is 5.91 Å². The molecule has 0 aliphatic heterocycles. The van der Waals surface area contributed by atoms with Crippen molar-refractivity contribution in [2.75, 3.05) is 0 Å². The molecule has 2 aromatic rings. The average Bonchev–Trinajstić information content (AvgIpc) is 2.84. The molecular formula is C9H11N5OS. The average molecular weight is 237 g/mol. The van der Waals surface area contributed by atoms with Crippen molar-refractivity contribution in [3.8, 4) is 0 Å². The first kappa shape index (κ1) is 10.7. The summed E-state index contributed by atoms with van der Waals surface area (Å²) in [5, 5.41) is 11.2. The lowest BCUT2D eigenvalue weighted by atomic mass is 10.5. The minimum Gasteiger partial charge on any atom is -0.344 e. The summed E-state index contributed by atoms with van der Waals surface area (Å²) in [4.78, 5) is 16.3. The summed E-state index contributed by atoms with van der Waals surface area (Å²) in [7, 11) is 1.83. The van der Waals surface area contributed by atoms with Crippen molar-refractivity contribution in [1.29, 1.82) is 0 Å². The van der Waals surface area contributed by atoms with E-state index in [4.69, 9.17) is 0 Å². The van der Waals surface area contributed by atoms with E-state index in [1.807, 2.05) is 14.0 Å². The number of thiazole rings is 1. The number of carbonyl (C=O) groups excluding carboxylic acids is 1. The fourth-order valence-corrected chi connectivity index (χ4v) is 1.87. The van der Waals surface area contributed by atoms with E-state index in [-0.39, 0.29) is 5.91 Å². The van der Waals surface area contributed by atoms with Crippen LogP contribution in [0.1, 0.15) is 20.5 Å². The molecule has 2 heterocycles. The smallest absolute Gasteiger partial charge is 0.263 e. The molecule has 2 rings (SSSR count). The van der Waals surface area contributed by atoms with Crippen molar-refractivity contribution in [1.82, 2.24) is 25.1 Å². The number of rotatable bonds is 3. The number of hydrogen-bond acceptors (Lipinski definition) is 5. The standard InChI is InChI=1S/C9H11N5OS/c1-6-10-3-7(16-6)9(15)11-4-8-13-12-5-14(8)2/h3,5H,4H2,1-2H3,(H,11,15). The number of nitrogens with zero attached hydrogens (tertiary/aromatic N) is 4. The molecule has 0 unspecified atom stereocenters. The lowest BCUT2D eigenvalue weighted by molar-refractivity contribution is 0.0953. The monoisotopic (exact) mass is 237 g/mol. The molecule has 1 amide bonds. The highest BCUT2D eigenvalue weighted by Gasteiger charge is 2.09. The van der Waals surface area contributed by atoms with E-state index in [1.54, 1.807) is 17.1 Å². The normalized spacial score (nSPS) is 10.4. The summed E-state index contributed by atoms with van der Waals surface area (Å²) in [6, 6.07) is 0. The zero-order valence-electron chi connectivity index (χ0n) is 8.97. The third-order valence-electron chi connectivity index (χ3n) is 2.06. The number of nitrogens with one attached hydrogen (secondary N) is 1. The van der Waals surface area contributed by atoms with Crippen LogP contribution in [0.15, 0.2) is 12.5 Å². The van der Waals surface area contributed by atoms with E-state index < -0.39 is 0 Å². The minimum atomic E-state index is -0.131. The summed E-state index contributed by atoms with van der Waals surface area (Å²) < 4.78 is 1.76. The highest BCUT2D eigenvalue weighted by atomic mass is 32.1. The van der Waals surface area contributed by atoms with Crippen molar-refractivity contribution < 1.29 is 4.79 Å². The van der Waals surface area contributed by atoms with Gasteiger partial charge in [-0.2, -0.15) is 0 Å². The molecule has 6 nitrogen and oxygen atoms in total. The number of aryl methyl sites for hydroxylation is 2. The topological polar surface area (TPSA) is 72.7 Å². The second-order valence-corrected chi connectivity index (χ2v) is 4.52. The second kappa shape index (κ2) is 4.40. The van der Waals surface area contributed by atoms with Gasteiger partial charge in [-0.1, -0.05) is 0 Å². The van der Waals surface area contributed by atoms with Gasteiger partial charge in [-0.25, -0.2) is 4.98 Å². The number of amides is 1. The second-order valence-electron chi connectivity index (χ2n) is 3.28. The van der Waals surface area contributed by atoms with Gasteiger partial charge in [-0.3, -0.25) is 4.79 Å². The largest absolute Gasteiger partial charge is 0.344 e. The first-order chi connectivity index (χ1) is 7.66. The molecule has 0 aliphatic carbocycles. The van der Waals surface area contributed by atoms with Gasteiger partial charge >= 0.3 is 0 Å². The van der Waals surface area contributed by atoms with Crippen molar-refractivity contribution in [2.45, 2.75) is 13.5 Å². The van der Waals surface area contributed by atoms with Gasteiger partial charge in [0.05, 0.1) is 17.7 Å². The minimum absolute atomic E-state index is 0.131. The maximum Gasteiger partial charge on any atom is 0.263 e. The van der Waals surface area contributed by atoms with Crippen LogP contribution in [0.2, 0.25) is 0 Å². The van der Waals surface area contributed by atoms with E-state index in [2.05, 4.69) is 20.5 Å². The molecule has 0 spiro atoms. The molecule has 2 aromatic heterocycles. The Hall–Kier alpha value is -1.76. The molecule has 0 atom stereocenters. The Balaban J connectivity index is 1.96. The molecule has 0 saturated carbocycles. The van der Waals surface area contributed by atoms with Crippen molar-refractivity contribution in [3.63, 3.8) is 0 Å². The summed E-state index contributed by atoms with van der Waals surface area (Å²) in [6.07, 6.45) is 3.17. The van der Waals surface area contributed by atoms with Crippen LogP contribution in [0.25, 0.3) is 0 Å². The maximum absolute atomic E-state index is 11.7. The molecule has 16 heavy (non-hydrogen) atoms. The van der Waals surface area contributed by atoms with E-state index >= 15 is 0 Å². The number of hydrogen-bond donors (Lipinski definition) is 1. The zero-order valence-corrected chi connectivity index (χ0v) is 9.78. The molecule has 0 bridgehead atoms. The quantitative estimate of drug-likeness (QED) is 0.844. The van der Waals surface area contributed by atoms with Crippen molar-refractivity contribution >= 4 is 17.2 Å². The third kappa shape index (κ3) is 2.25. The van der Waals surface area contributed by atoms with Crippen LogP contribution < -0.4 is 5.32 Å². The summed E-state index contributed by atoms with van der Waals surface area (Å²) >= 11 is 1.37. The molecule has 84 valence electrons. The third-order valence-corrected chi connectivity index (χ3v) is 2.97. The van der Waals surface area contributed by atoms with E-state index in [9.17, 15) is 4.79 Å². The van der Waals surface area contributed by atoms with Gasteiger partial charge in [-0.15, -0.1) is 21.5 Å². The van der Waals surface area contributed by atoms with Gasteiger partial charge in [0, 0.05) is 7.05 Å². The Kier molecular flexibility index (Phi) is 2.95. The molecular weight excluding hydrogens is 226 g/mol. The highest BCUT2D eigenvalue weighted by molar-refractivity contribution is 7.13. The van der Waals surface area contributed by atoms with Gasteiger partial charge in [0.2, 0.25) is 0 Å². The van der Waals surface area contributed by atoms with Crippen molar-refractivity contribution in [2.24, 2.45) is 7.05 Å². The number of aromatic nitrogens is 4. The fraction of sp³-hybridized carbons (Fsp3) is 0.333. The molecule has 0 aromatic carbocycles. The summed E-state index contributed by atoms with van der Waals surface area (Å²) in [5.74, 6) is 0.586. The Morgan fingerprint density at radius 1 is 1.62 bits per heavy atom. The highest BCUT2D eigenvalue weighted by Crippen LogP contribution is 2.10. The van der Waals surface area contributed by atoms with Gasteiger partial charge in [0.1, 0.15) is 11.2 Å². The molecule has 7 heteroatoms. The van der Waals surface area contributed by atoms with Crippen LogP contribution in [-0.4, -0.2) is 25.7 Å². The van der Waals surface area contributed by atoms with Crippen LogP contribution in [0.5, 0.6) is 0 Å². The molecule has 0 saturated heterocycles. The van der Waals surface area contributed by atoms with Crippen molar-refractivity contribution in [3.05, 3.63) is 28.2 Å². The maximum atomic E-state index is 11.7. The van der Waals surface area contributed by atoms with Gasteiger partial charge in [-0.05, 0) is 6.92 Å². The predicted molar refractivity (Wildman–Crippen MR) is 59.0 cm³/mol. The first-order valence-corrected chi connectivity index (χ1v) is 5.52. The summed E-state index contributed by atoms with van der Waals surface area (Å²) in [6.45, 7) is 2.23. The molecule has 0 fully saturated rings. The fourth-order valence-electron chi connectivity index (χ4n) is 1.18. The Morgan fingerprint density at radius 3 is 3.00 bits per heavy atom.